The van der Waals surface area contributed by atoms with E-state index >= 15 is 0 Å². The summed E-state index contributed by atoms with van der Waals surface area (Å²) in [6.45, 7) is 0. The number of nitrogens with one attached hydrogen (secondary N) is 1. The third kappa shape index (κ3) is 3.37. The molecule has 0 radical (unpaired) electrons. The normalized spacial score (nSPS) is 16.2. The zero-order valence-corrected chi connectivity index (χ0v) is 15.3. The Morgan fingerprint density at radius 2 is 1.88 bits per heavy atom. The molecule has 0 aromatic heterocycles. The van der Waals surface area contributed by atoms with Gasteiger partial charge in [0.05, 0.1) is 16.4 Å². The first-order chi connectivity index (χ1) is 12.3. The third-order valence-electron chi connectivity index (χ3n) is 3.61. The molecule has 2 amide bonds. The molecule has 6 nitrogen and oxygen atoms in total. The zero-order valence-electron chi connectivity index (χ0n) is 13.0. The molecule has 2 aromatic carbocycles. The summed E-state index contributed by atoms with van der Waals surface area (Å²) in [6.07, 6.45) is 1.35. The number of phenols is 1. The fraction of sp³-hybridized carbons (Fsp3) is 0. The topological polar surface area (TPSA) is 95.7 Å². The Hall–Kier alpha value is -2.61. The lowest BCUT2D eigenvalue weighted by Crippen LogP contribution is -2.54. The Bertz CT molecular complexity index is 991. The Kier molecular flexibility index (Phi) is 4.86. The van der Waals surface area contributed by atoms with Gasteiger partial charge < -0.3 is 10.8 Å². The van der Waals surface area contributed by atoms with Crippen LogP contribution in [-0.4, -0.2) is 22.0 Å². The molecule has 132 valence electrons. The van der Waals surface area contributed by atoms with Crippen LogP contribution >= 0.6 is 35.4 Å². The van der Waals surface area contributed by atoms with Gasteiger partial charge in [0.1, 0.15) is 11.3 Å². The summed E-state index contributed by atoms with van der Waals surface area (Å²) in [7, 11) is 0. The molecule has 1 aliphatic rings. The summed E-state index contributed by atoms with van der Waals surface area (Å²) in [4.78, 5) is 26.2. The fourth-order valence-corrected chi connectivity index (χ4v) is 3.14. The molecule has 1 heterocycles. The molecule has 4 N–H and O–H groups in total. The summed E-state index contributed by atoms with van der Waals surface area (Å²) in [6, 6.07) is 8.88. The van der Waals surface area contributed by atoms with E-state index in [4.69, 9.17) is 41.2 Å². The molecule has 26 heavy (non-hydrogen) atoms. The number of hydrogen-bond donors (Lipinski definition) is 3. The van der Waals surface area contributed by atoms with E-state index < -0.39 is 11.8 Å². The summed E-state index contributed by atoms with van der Waals surface area (Å²) >= 11 is 17.2. The van der Waals surface area contributed by atoms with Crippen LogP contribution in [0.4, 0.5) is 11.4 Å². The maximum atomic E-state index is 12.9. The molecule has 0 atom stereocenters. The van der Waals surface area contributed by atoms with Gasteiger partial charge in [-0.05, 0) is 54.2 Å². The zero-order chi connectivity index (χ0) is 19.0. The lowest BCUT2D eigenvalue weighted by Gasteiger charge is -2.29. The van der Waals surface area contributed by atoms with E-state index in [1.807, 2.05) is 0 Å². The van der Waals surface area contributed by atoms with E-state index in [1.165, 1.54) is 36.4 Å². The van der Waals surface area contributed by atoms with Crippen molar-refractivity contribution < 1.29 is 14.7 Å². The Morgan fingerprint density at radius 1 is 1.15 bits per heavy atom. The minimum atomic E-state index is -0.645. The summed E-state index contributed by atoms with van der Waals surface area (Å²) < 4.78 is 0. The van der Waals surface area contributed by atoms with Crippen LogP contribution < -0.4 is 16.0 Å². The lowest BCUT2D eigenvalue weighted by atomic mass is 10.1. The fourth-order valence-electron chi connectivity index (χ4n) is 2.37. The molecule has 1 aliphatic heterocycles. The van der Waals surface area contributed by atoms with Gasteiger partial charge in [-0.1, -0.05) is 29.3 Å². The number of nitrogens with zero attached hydrogens (tertiary/aromatic N) is 1. The summed E-state index contributed by atoms with van der Waals surface area (Å²) in [5.74, 6) is -1.38. The number of hydrogen-bond acceptors (Lipinski definition) is 5. The van der Waals surface area contributed by atoms with E-state index in [2.05, 4.69) is 5.32 Å². The van der Waals surface area contributed by atoms with Crippen molar-refractivity contribution in [3.8, 4) is 5.75 Å². The van der Waals surface area contributed by atoms with Crippen LogP contribution in [0, 0.1) is 0 Å². The van der Waals surface area contributed by atoms with Gasteiger partial charge in [0.2, 0.25) is 0 Å². The number of phenolic OH excluding ortho intramolecular Hbond substituents is 1. The average molecular weight is 408 g/mol. The number of anilines is 2. The first-order valence-electron chi connectivity index (χ1n) is 7.23. The number of carbonyl (C=O) groups is 2. The van der Waals surface area contributed by atoms with Gasteiger partial charge in [-0.2, -0.15) is 0 Å². The smallest absolute Gasteiger partial charge is 0.270 e. The molecule has 0 bridgehead atoms. The van der Waals surface area contributed by atoms with Gasteiger partial charge in [-0.25, -0.2) is 0 Å². The van der Waals surface area contributed by atoms with Crippen LogP contribution in [0.5, 0.6) is 5.75 Å². The highest BCUT2D eigenvalue weighted by molar-refractivity contribution is 7.80. The second-order valence-electron chi connectivity index (χ2n) is 5.37. The van der Waals surface area contributed by atoms with Crippen molar-refractivity contribution in [2.24, 2.45) is 0 Å². The lowest BCUT2D eigenvalue weighted by molar-refractivity contribution is -0.122. The van der Waals surface area contributed by atoms with Crippen molar-refractivity contribution in [3.63, 3.8) is 0 Å². The second kappa shape index (κ2) is 6.95. The minimum Gasteiger partial charge on any atom is -0.506 e. The van der Waals surface area contributed by atoms with Crippen LogP contribution in [0.2, 0.25) is 10.0 Å². The highest BCUT2D eigenvalue weighted by Crippen LogP contribution is 2.31. The highest BCUT2D eigenvalue weighted by Gasteiger charge is 2.35. The van der Waals surface area contributed by atoms with Gasteiger partial charge >= 0.3 is 0 Å². The Labute approximate surface area is 163 Å². The molecule has 0 aliphatic carbocycles. The highest BCUT2D eigenvalue weighted by atomic mass is 35.5. The van der Waals surface area contributed by atoms with Crippen LogP contribution in [0.3, 0.4) is 0 Å². The molecule has 9 heteroatoms. The van der Waals surface area contributed by atoms with E-state index in [1.54, 1.807) is 6.07 Å². The molecule has 0 unspecified atom stereocenters. The summed E-state index contributed by atoms with van der Waals surface area (Å²) in [5, 5.41) is 12.5. The number of nitrogen functional groups attached to an aromatic ring is 1. The number of carbonyl (C=O) groups excluding carboxylic acids is 2. The van der Waals surface area contributed by atoms with Crippen LogP contribution in [0.1, 0.15) is 5.56 Å². The SMILES string of the molecule is Nc1cc(C=C2C(=O)NC(=S)N(c3ccc(Cl)cc3Cl)C2=O)ccc1O. The second-order valence-corrected chi connectivity index (χ2v) is 6.60. The van der Waals surface area contributed by atoms with Crippen molar-refractivity contribution in [3.05, 3.63) is 57.6 Å². The number of nitrogens with two attached hydrogens (primary N) is 1. The van der Waals surface area contributed by atoms with Crippen molar-refractivity contribution in [1.29, 1.82) is 0 Å². The van der Waals surface area contributed by atoms with E-state index in [-0.39, 0.29) is 27.1 Å². The van der Waals surface area contributed by atoms with Crippen molar-refractivity contribution in [2.75, 3.05) is 10.6 Å². The van der Waals surface area contributed by atoms with E-state index in [0.717, 1.165) is 4.90 Å². The maximum Gasteiger partial charge on any atom is 0.270 e. The monoisotopic (exact) mass is 407 g/mol. The van der Waals surface area contributed by atoms with Crippen molar-refractivity contribution in [2.45, 2.75) is 0 Å². The number of thiocarbonyl (C=S) groups is 1. The summed E-state index contributed by atoms with van der Waals surface area (Å²) in [5.41, 5.74) is 6.37. The number of rotatable bonds is 2. The predicted octanol–water partition coefficient (Wildman–Crippen LogP) is 3.11. The number of benzene rings is 2. The van der Waals surface area contributed by atoms with Crippen LogP contribution in [-0.2, 0) is 9.59 Å². The van der Waals surface area contributed by atoms with Crippen LogP contribution in [0.25, 0.3) is 6.08 Å². The van der Waals surface area contributed by atoms with Gasteiger partial charge in [0.15, 0.2) is 5.11 Å². The first-order valence-corrected chi connectivity index (χ1v) is 8.39. The molecule has 3 rings (SSSR count). The average Bonchev–Trinajstić information content (AvgIpc) is 2.56. The minimum absolute atomic E-state index is 0.0911. The molecule has 0 spiro atoms. The predicted molar refractivity (Wildman–Crippen MR) is 105 cm³/mol. The Balaban J connectivity index is 2.05. The molecular formula is C17H11Cl2N3O3S. The molecule has 2 aromatic rings. The van der Waals surface area contributed by atoms with Gasteiger partial charge in [-0.3, -0.25) is 19.8 Å². The Morgan fingerprint density at radius 3 is 2.54 bits per heavy atom. The largest absolute Gasteiger partial charge is 0.506 e. The first kappa shape index (κ1) is 18.2. The maximum absolute atomic E-state index is 12.9. The van der Waals surface area contributed by atoms with Gasteiger partial charge in [-0.15, -0.1) is 0 Å². The molecule has 1 saturated heterocycles. The number of halogens is 2. The number of amides is 2. The van der Waals surface area contributed by atoms with Gasteiger partial charge in [0, 0.05) is 5.02 Å². The standard InChI is InChI=1S/C17H11Cl2N3O3S/c18-9-2-3-13(11(19)7-9)22-16(25)10(15(24)21-17(22)26)5-8-1-4-14(23)12(20)6-8/h1-7,23H,20H2,(H,21,24,26). The third-order valence-corrected chi connectivity index (χ3v) is 4.44. The van der Waals surface area contributed by atoms with Gasteiger partial charge in [0.25, 0.3) is 11.8 Å². The van der Waals surface area contributed by atoms with Crippen molar-refractivity contribution >= 4 is 69.8 Å². The van der Waals surface area contributed by atoms with Crippen LogP contribution in [0.15, 0.2) is 42.0 Å². The molecular weight excluding hydrogens is 397 g/mol. The van der Waals surface area contributed by atoms with Crippen molar-refractivity contribution in [1.82, 2.24) is 5.32 Å². The van der Waals surface area contributed by atoms with E-state index in [9.17, 15) is 14.7 Å². The molecule has 0 saturated carbocycles. The van der Waals surface area contributed by atoms with E-state index in [0.29, 0.717) is 16.3 Å². The quantitative estimate of drug-likeness (QED) is 0.233. The molecule has 1 fully saturated rings. The number of aromatic hydroxyl groups is 1.